The summed E-state index contributed by atoms with van der Waals surface area (Å²) in [4.78, 5) is 12.1. The zero-order chi connectivity index (χ0) is 14.8. The van der Waals surface area contributed by atoms with Crippen LogP contribution in [0.2, 0.25) is 5.02 Å². The lowest BCUT2D eigenvalue weighted by Crippen LogP contribution is -2.29. The van der Waals surface area contributed by atoms with Crippen molar-refractivity contribution < 1.29 is 19.0 Å². The van der Waals surface area contributed by atoms with Crippen LogP contribution in [0.3, 0.4) is 0 Å². The molecule has 4 rings (SSSR count). The summed E-state index contributed by atoms with van der Waals surface area (Å²) in [5.41, 5.74) is 1.50. The summed E-state index contributed by atoms with van der Waals surface area (Å²) in [7, 11) is 0. The number of halogens is 1. The van der Waals surface area contributed by atoms with Crippen molar-refractivity contribution in [2.75, 3.05) is 0 Å². The van der Waals surface area contributed by atoms with Crippen LogP contribution >= 0.6 is 11.6 Å². The zero-order valence-corrected chi connectivity index (χ0v) is 12.7. The second-order valence-electron chi connectivity index (χ2n) is 6.44. The Kier molecular flexibility index (Phi) is 2.87. The van der Waals surface area contributed by atoms with Crippen LogP contribution in [-0.2, 0) is 14.2 Å². The van der Waals surface area contributed by atoms with Crippen molar-refractivity contribution in [2.24, 2.45) is 5.92 Å². The number of ether oxygens (including phenoxy) is 3. The smallest absolute Gasteiger partial charge is 0.339 e. The number of rotatable bonds is 1. The van der Waals surface area contributed by atoms with Crippen LogP contribution in [0, 0.1) is 5.92 Å². The van der Waals surface area contributed by atoms with Gasteiger partial charge in [-0.1, -0.05) is 17.7 Å². The molecule has 5 heteroatoms. The highest BCUT2D eigenvalue weighted by Crippen LogP contribution is 2.49. The van der Waals surface area contributed by atoms with Gasteiger partial charge in [0.25, 0.3) is 0 Å². The van der Waals surface area contributed by atoms with Crippen LogP contribution in [0.15, 0.2) is 18.2 Å². The molecule has 0 radical (unpaired) electrons. The maximum Gasteiger partial charge on any atom is 0.339 e. The van der Waals surface area contributed by atoms with E-state index < -0.39 is 5.79 Å². The standard InChI is InChI=1S/C16H17ClO4/c1-16(2)20-12-6-5-10(14(12)21-16)13-9-4-3-8(17)7-11(9)15(18)19-13/h3-4,7,10,12-14H,5-6H2,1-2H3/t10-,12+,13-,14-/m1/s1. The lowest BCUT2D eigenvalue weighted by atomic mass is 9.91. The normalized spacial score (nSPS) is 36.4. The van der Waals surface area contributed by atoms with Crippen molar-refractivity contribution >= 4 is 17.6 Å². The van der Waals surface area contributed by atoms with E-state index in [4.69, 9.17) is 25.8 Å². The van der Waals surface area contributed by atoms with E-state index in [0.717, 1.165) is 18.4 Å². The van der Waals surface area contributed by atoms with Gasteiger partial charge in [-0.15, -0.1) is 0 Å². The third-order valence-electron chi connectivity index (χ3n) is 4.59. The molecule has 112 valence electrons. The Hall–Kier alpha value is -1.10. The molecule has 2 heterocycles. The molecule has 0 amide bonds. The van der Waals surface area contributed by atoms with Gasteiger partial charge in [0.15, 0.2) is 5.79 Å². The summed E-state index contributed by atoms with van der Waals surface area (Å²) in [6.07, 6.45) is 1.71. The number of benzene rings is 1. The Morgan fingerprint density at radius 3 is 2.86 bits per heavy atom. The highest BCUT2D eigenvalue weighted by atomic mass is 35.5. The summed E-state index contributed by atoms with van der Waals surface area (Å²) in [5, 5.41) is 0.553. The van der Waals surface area contributed by atoms with Crippen molar-refractivity contribution in [3.63, 3.8) is 0 Å². The lowest BCUT2D eigenvalue weighted by Gasteiger charge is -2.25. The van der Waals surface area contributed by atoms with Gasteiger partial charge in [-0.3, -0.25) is 0 Å². The fraction of sp³-hybridized carbons (Fsp3) is 0.562. The van der Waals surface area contributed by atoms with Gasteiger partial charge < -0.3 is 14.2 Å². The molecule has 1 aromatic carbocycles. The van der Waals surface area contributed by atoms with Gasteiger partial charge in [0.1, 0.15) is 6.10 Å². The molecule has 2 aliphatic heterocycles. The molecule has 1 aromatic rings. The monoisotopic (exact) mass is 308 g/mol. The molecular weight excluding hydrogens is 292 g/mol. The molecule has 0 unspecified atom stereocenters. The number of carbonyl (C=O) groups excluding carboxylic acids is 1. The summed E-state index contributed by atoms with van der Waals surface area (Å²) in [6, 6.07) is 5.38. The van der Waals surface area contributed by atoms with Gasteiger partial charge in [-0.2, -0.15) is 0 Å². The first-order valence-corrected chi connectivity index (χ1v) is 7.68. The molecule has 0 bridgehead atoms. The molecule has 3 aliphatic rings. The molecule has 0 spiro atoms. The SMILES string of the molecule is CC1(C)O[C@@H]2[C@@H]([C@@H]3OC(=O)c4cc(Cl)ccc43)CC[C@@H]2O1. The van der Waals surface area contributed by atoms with Gasteiger partial charge in [0.2, 0.25) is 0 Å². The van der Waals surface area contributed by atoms with Gasteiger partial charge in [-0.05, 0) is 38.8 Å². The van der Waals surface area contributed by atoms with E-state index in [1.807, 2.05) is 19.9 Å². The lowest BCUT2D eigenvalue weighted by molar-refractivity contribution is -0.160. The minimum Gasteiger partial charge on any atom is -0.453 e. The van der Waals surface area contributed by atoms with Crippen LogP contribution in [0.5, 0.6) is 0 Å². The molecule has 0 N–H and O–H groups in total. The van der Waals surface area contributed by atoms with E-state index in [-0.39, 0.29) is 30.2 Å². The van der Waals surface area contributed by atoms with Crippen LogP contribution in [0.4, 0.5) is 0 Å². The molecule has 21 heavy (non-hydrogen) atoms. The summed E-state index contributed by atoms with van der Waals surface area (Å²) in [5.74, 6) is -0.707. The molecule has 2 fully saturated rings. The van der Waals surface area contributed by atoms with Crippen molar-refractivity contribution in [1.29, 1.82) is 0 Å². The summed E-state index contributed by atoms with van der Waals surface area (Å²) >= 11 is 5.97. The predicted octanol–water partition coefficient (Wildman–Crippen LogP) is 3.48. The summed E-state index contributed by atoms with van der Waals surface area (Å²) in [6.45, 7) is 3.85. The maximum absolute atomic E-state index is 12.1. The van der Waals surface area contributed by atoms with Crippen molar-refractivity contribution in [2.45, 2.75) is 50.8 Å². The first kappa shape index (κ1) is 13.6. The largest absolute Gasteiger partial charge is 0.453 e. The van der Waals surface area contributed by atoms with Crippen LogP contribution in [-0.4, -0.2) is 24.0 Å². The second kappa shape index (κ2) is 4.45. The van der Waals surface area contributed by atoms with E-state index in [2.05, 4.69) is 0 Å². The summed E-state index contributed by atoms with van der Waals surface area (Å²) < 4.78 is 17.6. The van der Waals surface area contributed by atoms with Crippen LogP contribution in [0.1, 0.15) is 48.7 Å². The van der Waals surface area contributed by atoms with Gasteiger partial charge in [-0.25, -0.2) is 4.79 Å². The molecule has 4 atom stereocenters. The molecule has 1 saturated heterocycles. The minimum atomic E-state index is -0.556. The quantitative estimate of drug-likeness (QED) is 0.745. The van der Waals surface area contributed by atoms with Crippen molar-refractivity contribution in [3.8, 4) is 0 Å². The van der Waals surface area contributed by atoms with E-state index in [9.17, 15) is 4.79 Å². The van der Waals surface area contributed by atoms with E-state index in [1.165, 1.54) is 0 Å². The highest BCUT2D eigenvalue weighted by molar-refractivity contribution is 6.31. The van der Waals surface area contributed by atoms with E-state index >= 15 is 0 Å². The Labute approximate surface area is 128 Å². The average molecular weight is 309 g/mol. The first-order chi connectivity index (χ1) is 9.94. The van der Waals surface area contributed by atoms with E-state index in [1.54, 1.807) is 12.1 Å². The first-order valence-electron chi connectivity index (χ1n) is 7.31. The number of hydrogen-bond acceptors (Lipinski definition) is 4. The van der Waals surface area contributed by atoms with Crippen molar-refractivity contribution in [3.05, 3.63) is 34.3 Å². The molecule has 4 nitrogen and oxygen atoms in total. The average Bonchev–Trinajstić information content (AvgIpc) is 3.00. The fourth-order valence-electron chi connectivity index (χ4n) is 3.81. The van der Waals surface area contributed by atoms with Crippen LogP contribution < -0.4 is 0 Å². The van der Waals surface area contributed by atoms with Gasteiger partial charge >= 0.3 is 5.97 Å². The maximum atomic E-state index is 12.1. The Morgan fingerprint density at radius 2 is 2.05 bits per heavy atom. The highest BCUT2D eigenvalue weighted by Gasteiger charge is 2.53. The van der Waals surface area contributed by atoms with Crippen LogP contribution in [0.25, 0.3) is 0 Å². The number of hydrogen-bond donors (Lipinski definition) is 0. The minimum absolute atomic E-state index is 0.0144. The topological polar surface area (TPSA) is 44.8 Å². The third kappa shape index (κ3) is 2.08. The predicted molar refractivity (Wildman–Crippen MR) is 76.2 cm³/mol. The number of fused-ring (bicyclic) bond motifs is 2. The molecule has 0 aromatic heterocycles. The van der Waals surface area contributed by atoms with E-state index in [0.29, 0.717) is 10.6 Å². The Morgan fingerprint density at radius 1 is 1.24 bits per heavy atom. The Bertz CT molecular complexity index is 612. The molecular formula is C16H17ClO4. The Balaban J connectivity index is 1.66. The molecule has 1 saturated carbocycles. The second-order valence-corrected chi connectivity index (χ2v) is 6.87. The fourth-order valence-corrected chi connectivity index (χ4v) is 3.98. The van der Waals surface area contributed by atoms with Gasteiger partial charge in [0.05, 0.1) is 17.8 Å². The number of cyclic esters (lactones) is 1. The molecule has 1 aliphatic carbocycles. The number of carbonyl (C=O) groups is 1. The zero-order valence-electron chi connectivity index (χ0n) is 12.0. The number of esters is 1. The third-order valence-corrected chi connectivity index (χ3v) is 4.83. The van der Waals surface area contributed by atoms with Gasteiger partial charge in [0, 0.05) is 16.5 Å². The van der Waals surface area contributed by atoms with Crippen molar-refractivity contribution in [1.82, 2.24) is 0 Å².